The molecule has 0 spiro atoms. The Morgan fingerprint density at radius 3 is 2.18 bits per heavy atom. The van der Waals surface area contributed by atoms with Crippen molar-refractivity contribution >= 4 is 20.2 Å². The number of hydrogen-bond acceptors (Lipinski definition) is 3. The van der Waals surface area contributed by atoms with Crippen LogP contribution in [0.4, 0.5) is 0 Å². The molecule has 5 heteroatoms. The molecule has 0 fully saturated rings. The van der Waals surface area contributed by atoms with Crippen LogP contribution in [0.15, 0.2) is 0 Å². The Labute approximate surface area is 73.5 Å². The van der Waals surface area contributed by atoms with E-state index in [1.165, 1.54) is 0 Å². The molecule has 0 aromatic heterocycles. The summed E-state index contributed by atoms with van der Waals surface area (Å²) in [6, 6.07) is 0.713. The summed E-state index contributed by atoms with van der Waals surface area (Å²) in [4.78, 5) is 0. The van der Waals surface area contributed by atoms with Gasteiger partial charge in [-0.3, -0.25) is 0 Å². The summed E-state index contributed by atoms with van der Waals surface area (Å²) in [5, 5.41) is 8.78. The van der Waals surface area contributed by atoms with Gasteiger partial charge in [-0.25, -0.2) is 0 Å². The Morgan fingerprint density at radius 2 is 1.91 bits per heavy atom. The maximum atomic E-state index is 8.78. The van der Waals surface area contributed by atoms with Gasteiger partial charge in [0, 0.05) is 14.2 Å². The summed E-state index contributed by atoms with van der Waals surface area (Å²) < 4.78 is 10.4. The van der Waals surface area contributed by atoms with Crippen LogP contribution in [0.2, 0.25) is 12.6 Å². The molecule has 0 radical (unpaired) electrons. The second-order valence-electron chi connectivity index (χ2n) is 2.52. The Hall–Kier alpha value is 0.387. The van der Waals surface area contributed by atoms with Crippen molar-refractivity contribution in [1.29, 1.82) is 0 Å². The highest BCUT2D eigenvalue weighted by Crippen LogP contribution is 2.16. The van der Waals surface area contributed by atoms with Gasteiger partial charge in [0.15, 0.2) is 0 Å². The van der Waals surface area contributed by atoms with Crippen LogP contribution >= 0.6 is 11.6 Å². The summed E-state index contributed by atoms with van der Waals surface area (Å²) in [6.07, 6.45) is 0.520. The van der Waals surface area contributed by atoms with Gasteiger partial charge >= 0.3 is 8.56 Å². The van der Waals surface area contributed by atoms with Crippen LogP contribution in [0.1, 0.15) is 6.42 Å². The first-order chi connectivity index (χ1) is 5.04. The normalized spacial score (nSPS) is 15.0. The molecule has 0 aliphatic carbocycles. The second kappa shape index (κ2) is 5.11. The average Bonchev–Trinajstić information content (AvgIpc) is 2.00. The fraction of sp³-hybridized carbons (Fsp3) is 1.00. The third-order valence-electron chi connectivity index (χ3n) is 1.70. The lowest BCUT2D eigenvalue weighted by Gasteiger charge is -2.22. The Bertz CT molecular complexity index is 106. The summed E-state index contributed by atoms with van der Waals surface area (Å²) >= 11 is 5.36. The lowest BCUT2D eigenvalue weighted by Crippen LogP contribution is -2.36. The van der Waals surface area contributed by atoms with Crippen LogP contribution in [0.25, 0.3) is 0 Å². The van der Waals surface area contributed by atoms with E-state index in [-0.39, 0.29) is 0 Å². The third-order valence-corrected chi connectivity index (χ3v) is 4.84. The molecule has 0 saturated heterocycles. The van der Waals surface area contributed by atoms with E-state index in [1.807, 2.05) is 6.55 Å². The lowest BCUT2D eigenvalue weighted by molar-refractivity contribution is 0.223. The summed E-state index contributed by atoms with van der Waals surface area (Å²) in [5.74, 6) is 0. The minimum Gasteiger partial charge on any atom is -0.398 e. The van der Waals surface area contributed by atoms with Gasteiger partial charge in [0.25, 0.3) is 0 Å². The van der Waals surface area contributed by atoms with E-state index >= 15 is 0 Å². The zero-order chi connectivity index (χ0) is 8.91. The molecule has 0 saturated carbocycles. The van der Waals surface area contributed by atoms with Gasteiger partial charge in [0.05, 0.1) is 0 Å². The number of alkyl halides is 1. The Kier molecular flexibility index (Phi) is 5.29. The topological polar surface area (TPSA) is 38.7 Å². The van der Waals surface area contributed by atoms with Crippen molar-refractivity contribution in [2.75, 3.05) is 14.2 Å². The molecule has 68 valence electrons. The van der Waals surface area contributed by atoms with E-state index in [2.05, 4.69) is 0 Å². The Morgan fingerprint density at radius 1 is 1.45 bits per heavy atom. The number of aliphatic hydroxyl groups is 1. The van der Waals surface area contributed by atoms with Gasteiger partial charge in [-0.1, -0.05) is 11.6 Å². The van der Waals surface area contributed by atoms with E-state index in [0.29, 0.717) is 12.5 Å². The van der Waals surface area contributed by atoms with Crippen LogP contribution in [0, 0.1) is 0 Å². The number of rotatable bonds is 5. The van der Waals surface area contributed by atoms with Crippen molar-refractivity contribution in [2.45, 2.75) is 24.6 Å². The molecule has 0 heterocycles. The molecule has 0 aromatic rings. The fourth-order valence-electron chi connectivity index (χ4n) is 0.669. The number of halogens is 1. The standard InChI is InChI=1S/C6H15ClO3Si/c1-9-11(3,10-2)5-4-6(7)8/h6,8H,4-5H2,1-3H3. The molecule has 0 aromatic carbocycles. The van der Waals surface area contributed by atoms with Crippen LogP contribution < -0.4 is 0 Å². The fourth-order valence-corrected chi connectivity index (χ4v) is 2.33. The highest BCUT2D eigenvalue weighted by molar-refractivity contribution is 6.65. The van der Waals surface area contributed by atoms with Gasteiger partial charge in [-0.2, -0.15) is 0 Å². The van der Waals surface area contributed by atoms with Crippen LogP contribution in [-0.2, 0) is 8.85 Å². The molecular formula is C6H15ClO3Si. The number of aliphatic hydroxyl groups excluding tert-OH is 1. The van der Waals surface area contributed by atoms with Crippen molar-refractivity contribution in [2.24, 2.45) is 0 Å². The first kappa shape index (κ1) is 11.4. The zero-order valence-corrected chi connectivity index (χ0v) is 8.89. The van der Waals surface area contributed by atoms with Gasteiger partial charge < -0.3 is 14.0 Å². The van der Waals surface area contributed by atoms with E-state index < -0.39 is 14.1 Å². The first-order valence-corrected chi connectivity index (χ1v) is 6.42. The monoisotopic (exact) mass is 198 g/mol. The summed E-state index contributed by atoms with van der Waals surface area (Å²) in [6.45, 7) is 1.94. The summed E-state index contributed by atoms with van der Waals surface area (Å²) in [7, 11) is 1.24. The molecule has 3 nitrogen and oxygen atoms in total. The molecule has 1 N–H and O–H groups in total. The molecule has 0 rings (SSSR count). The highest BCUT2D eigenvalue weighted by atomic mass is 35.5. The third kappa shape index (κ3) is 4.76. The molecule has 11 heavy (non-hydrogen) atoms. The van der Waals surface area contributed by atoms with Crippen molar-refractivity contribution in [3.63, 3.8) is 0 Å². The SMILES string of the molecule is CO[Si](C)(CCC(O)Cl)OC. The first-order valence-electron chi connectivity index (χ1n) is 3.46. The van der Waals surface area contributed by atoms with Crippen molar-refractivity contribution in [3.8, 4) is 0 Å². The van der Waals surface area contributed by atoms with Gasteiger partial charge in [0.1, 0.15) is 5.56 Å². The summed E-state index contributed by atoms with van der Waals surface area (Å²) in [5.41, 5.74) is -0.785. The highest BCUT2D eigenvalue weighted by Gasteiger charge is 2.28. The maximum absolute atomic E-state index is 8.78. The smallest absolute Gasteiger partial charge is 0.334 e. The molecule has 0 aliphatic heterocycles. The van der Waals surface area contributed by atoms with Crippen molar-refractivity contribution in [3.05, 3.63) is 0 Å². The van der Waals surface area contributed by atoms with E-state index in [4.69, 9.17) is 25.6 Å². The van der Waals surface area contributed by atoms with Crippen LogP contribution in [-0.4, -0.2) is 33.5 Å². The molecule has 1 atom stereocenters. The minimum atomic E-state index is -2.00. The zero-order valence-electron chi connectivity index (χ0n) is 7.13. The average molecular weight is 199 g/mol. The van der Waals surface area contributed by atoms with Crippen LogP contribution in [0.3, 0.4) is 0 Å². The van der Waals surface area contributed by atoms with Gasteiger partial charge in [-0.15, -0.1) is 0 Å². The largest absolute Gasteiger partial charge is 0.398 e. The predicted octanol–water partition coefficient (Wildman–Crippen LogP) is 1.30. The molecule has 0 bridgehead atoms. The van der Waals surface area contributed by atoms with E-state index in [1.54, 1.807) is 14.2 Å². The maximum Gasteiger partial charge on any atom is 0.334 e. The molecule has 0 amide bonds. The van der Waals surface area contributed by atoms with Crippen LogP contribution in [0.5, 0.6) is 0 Å². The Balaban J connectivity index is 3.69. The van der Waals surface area contributed by atoms with Gasteiger partial charge in [0.2, 0.25) is 0 Å². The molecule has 1 unspecified atom stereocenters. The van der Waals surface area contributed by atoms with E-state index in [0.717, 1.165) is 0 Å². The quantitative estimate of drug-likeness (QED) is 0.535. The van der Waals surface area contributed by atoms with Crippen molar-refractivity contribution in [1.82, 2.24) is 0 Å². The van der Waals surface area contributed by atoms with Gasteiger partial charge in [-0.05, 0) is 19.0 Å². The number of hydrogen-bond donors (Lipinski definition) is 1. The van der Waals surface area contributed by atoms with Crippen molar-refractivity contribution < 1.29 is 14.0 Å². The predicted molar refractivity (Wildman–Crippen MR) is 46.9 cm³/mol. The molecule has 0 aliphatic rings. The van der Waals surface area contributed by atoms with E-state index in [9.17, 15) is 0 Å². The second-order valence-corrected chi connectivity index (χ2v) is 6.60. The lowest BCUT2D eigenvalue weighted by atomic mass is 10.5. The molecular weight excluding hydrogens is 184 g/mol. The minimum absolute atomic E-state index is 0.520.